The lowest BCUT2D eigenvalue weighted by Crippen LogP contribution is -2.51. The number of fused-ring (bicyclic) bond motifs is 3. The summed E-state index contributed by atoms with van der Waals surface area (Å²) in [6, 6.07) is 42.8. The molecule has 3 heteroatoms. The van der Waals surface area contributed by atoms with E-state index in [1.807, 2.05) is 18.2 Å². The second-order valence-electron chi connectivity index (χ2n) is 8.19. The quantitative estimate of drug-likeness (QED) is 0.228. The number of furan rings is 1. The van der Waals surface area contributed by atoms with Gasteiger partial charge in [0, 0.05) is 16.3 Å². The van der Waals surface area contributed by atoms with Gasteiger partial charge in [-0.1, -0.05) is 125 Å². The summed E-state index contributed by atoms with van der Waals surface area (Å²) in [7, 11) is -1.15. The molecule has 2 nitrogen and oxygen atoms in total. The molecule has 0 bridgehead atoms. The molecule has 0 amide bonds. The molecule has 1 aromatic heterocycles. The molecular weight excluding hydrogens is 418 g/mol. The van der Waals surface area contributed by atoms with E-state index in [4.69, 9.17) is 10.2 Å². The number of hydrogen-bond acceptors (Lipinski definition) is 2. The van der Waals surface area contributed by atoms with Crippen LogP contribution in [0.5, 0.6) is 0 Å². The third-order valence-electron chi connectivity index (χ3n) is 6.17. The van der Waals surface area contributed by atoms with Crippen LogP contribution < -0.4 is 21.3 Å². The highest BCUT2D eigenvalue weighted by Crippen LogP contribution is 2.37. The smallest absolute Gasteiger partial charge is 0.158 e. The Morgan fingerprint density at radius 1 is 0.545 bits per heavy atom. The Morgan fingerprint density at radius 2 is 1.18 bits per heavy atom. The first-order valence-electron chi connectivity index (χ1n) is 11.1. The van der Waals surface area contributed by atoms with Gasteiger partial charge in [0.1, 0.15) is 5.58 Å². The average molecular weight is 441 g/mol. The van der Waals surface area contributed by atoms with E-state index in [9.17, 15) is 0 Å². The summed E-state index contributed by atoms with van der Waals surface area (Å²) in [5.41, 5.74) is 11.1. The number of nitrogens with two attached hydrogens (primary N) is 1. The normalized spacial score (nSPS) is 11.4. The molecule has 5 aromatic carbocycles. The Kier molecular flexibility index (Phi) is 4.82. The number of hydrogen-bond donors (Lipinski definition) is 1. The van der Waals surface area contributed by atoms with E-state index in [1.165, 1.54) is 15.6 Å². The minimum atomic E-state index is -1.15. The van der Waals surface area contributed by atoms with Crippen LogP contribution in [0, 0.1) is 0 Å². The van der Waals surface area contributed by atoms with Crippen molar-refractivity contribution in [3.05, 3.63) is 121 Å². The van der Waals surface area contributed by atoms with Crippen LogP contribution in [0.25, 0.3) is 33.1 Å². The van der Waals surface area contributed by atoms with Crippen LogP contribution >= 0.6 is 0 Å². The molecule has 0 aliphatic rings. The summed E-state index contributed by atoms with van der Waals surface area (Å²) in [5.74, 6) is 0. The minimum absolute atomic E-state index is 0.689. The van der Waals surface area contributed by atoms with Crippen molar-refractivity contribution in [3.63, 3.8) is 0 Å². The summed E-state index contributed by atoms with van der Waals surface area (Å²) in [5, 5.41) is 6.22. The van der Waals surface area contributed by atoms with Crippen LogP contribution in [0.1, 0.15) is 0 Å². The third-order valence-corrected chi connectivity index (χ3v) is 8.88. The fourth-order valence-electron chi connectivity index (χ4n) is 4.61. The van der Waals surface area contributed by atoms with E-state index in [0.717, 1.165) is 33.1 Å². The van der Waals surface area contributed by atoms with Crippen LogP contribution in [0.3, 0.4) is 0 Å². The molecule has 1 radical (unpaired) electrons. The lowest BCUT2D eigenvalue weighted by molar-refractivity contribution is 0.670. The Balaban J connectivity index is 1.51. The number of para-hydroxylation sites is 1. The van der Waals surface area contributed by atoms with E-state index in [0.29, 0.717) is 5.69 Å². The largest absolute Gasteiger partial charge is 0.454 e. The van der Waals surface area contributed by atoms with Crippen LogP contribution in [-0.4, -0.2) is 8.80 Å². The van der Waals surface area contributed by atoms with Crippen molar-refractivity contribution in [1.82, 2.24) is 0 Å². The maximum Gasteiger partial charge on any atom is 0.158 e. The van der Waals surface area contributed by atoms with Gasteiger partial charge in [0.15, 0.2) is 14.4 Å². The zero-order valence-corrected chi connectivity index (χ0v) is 19.0. The molecule has 0 spiro atoms. The standard InChI is InChI=1S/C30H22NOSi/c31-29-25(18-19-27-26-16-7-8-17-28(26)32-30(27)29)21-10-9-15-24(20-21)33(22-11-3-1-4-12-22)23-13-5-2-6-14-23/h1-20H,31H2. The maximum absolute atomic E-state index is 6.68. The number of nitrogen functional groups attached to an aromatic ring is 1. The zero-order chi connectivity index (χ0) is 22.2. The molecule has 157 valence electrons. The first kappa shape index (κ1) is 19.6. The fraction of sp³-hybridized carbons (Fsp3) is 0. The van der Waals surface area contributed by atoms with E-state index in [1.54, 1.807) is 0 Å². The van der Waals surface area contributed by atoms with Crippen molar-refractivity contribution in [2.45, 2.75) is 0 Å². The Hall–Kier alpha value is -4.08. The molecule has 2 N–H and O–H groups in total. The van der Waals surface area contributed by atoms with Gasteiger partial charge in [-0.15, -0.1) is 0 Å². The molecule has 0 saturated heterocycles. The number of anilines is 1. The van der Waals surface area contributed by atoms with Gasteiger partial charge >= 0.3 is 0 Å². The van der Waals surface area contributed by atoms with E-state index in [2.05, 4.69) is 103 Å². The predicted octanol–water partition coefficient (Wildman–Crippen LogP) is 5.35. The van der Waals surface area contributed by atoms with Crippen molar-refractivity contribution in [3.8, 4) is 11.1 Å². The van der Waals surface area contributed by atoms with Gasteiger partial charge in [-0.3, -0.25) is 0 Å². The lowest BCUT2D eigenvalue weighted by atomic mass is 10.0. The Morgan fingerprint density at radius 3 is 1.91 bits per heavy atom. The van der Waals surface area contributed by atoms with Crippen LogP contribution in [0.2, 0.25) is 0 Å². The molecule has 1 heterocycles. The minimum Gasteiger partial charge on any atom is -0.454 e. The average Bonchev–Trinajstić information content (AvgIpc) is 3.26. The third kappa shape index (κ3) is 3.43. The molecule has 0 saturated carbocycles. The van der Waals surface area contributed by atoms with E-state index >= 15 is 0 Å². The highest BCUT2D eigenvalue weighted by molar-refractivity contribution is 6.95. The zero-order valence-electron chi connectivity index (χ0n) is 18.0. The second-order valence-corrected chi connectivity index (χ2v) is 10.7. The molecular formula is C30H22NOSi. The molecule has 0 atom stereocenters. The van der Waals surface area contributed by atoms with Gasteiger partial charge in [0.2, 0.25) is 0 Å². The van der Waals surface area contributed by atoms with Crippen LogP contribution in [0.15, 0.2) is 126 Å². The van der Waals surface area contributed by atoms with Gasteiger partial charge in [-0.25, -0.2) is 0 Å². The first-order chi connectivity index (χ1) is 16.3. The summed E-state index contributed by atoms with van der Waals surface area (Å²) in [4.78, 5) is 0. The van der Waals surface area contributed by atoms with Crippen molar-refractivity contribution in [2.24, 2.45) is 0 Å². The second kappa shape index (κ2) is 8.12. The van der Waals surface area contributed by atoms with Gasteiger partial charge in [-0.2, -0.15) is 0 Å². The monoisotopic (exact) mass is 440 g/mol. The van der Waals surface area contributed by atoms with Gasteiger partial charge < -0.3 is 10.2 Å². The van der Waals surface area contributed by atoms with Gasteiger partial charge in [-0.05, 0) is 17.7 Å². The molecule has 6 aromatic rings. The van der Waals surface area contributed by atoms with Gasteiger partial charge in [0.25, 0.3) is 0 Å². The van der Waals surface area contributed by atoms with Crippen molar-refractivity contribution in [1.29, 1.82) is 0 Å². The SMILES string of the molecule is Nc1c(-c2cccc([Si](c3ccccc3)c3ccccc3)c2)ccc2c1oc1ccccc12. The van der Waals surface area contributed by atoms with Gasteiger partial charge in [0.05, 0.1) is 5.69 Å². The summed E-state index contributed by atoms with van der Waals surface area (Å²) in [6.07, 6.45) is 0. The predicted molar refractivity (Wildman–Crippen MR) is 141 cm³/mol. The van der Waals surface area contributed by atoms with E-state index < -0.39 is 8.80 Å². The van der Waals surface area contributed by atoms with Crippen molar-refractivity contribution >= 4 is 52.0 Å². The van der Waals surface area contributed by atoms with Crippen molar-refractivity contribution < 1.29 is 4.42 Å². The summed E-state index contributed by atoms with van der Waals surface area (Å²) in [6.45, 7) is 0. The first-order valence-corrected chi connectivity index (χ1v) is 12.6. The molecule has 0 unspecified atom stereocenters. The fourth-order valence-corrected chi connectivity index (χ4v) is 7.23. The lowest BCUT2D eigenvalue weighted by Gasteiger charge is -2.18. The highest BCUT2D eigenvalue weighted by atomic mass is 28.3. The molecule has 33 heavy (non-hydrogen) atoms. The Bertz CT molecular complexity index is 1530. The Labute approximate surface area is 194 Å². The molecule has 0 aliphatic heterocycles. The van der Waals surface area contributed by atoms with Crippen LogP contribution in [0.4, 0.5) is 5.69 Å². The number of rotatable bonds is 4. The van der Waals surface area contributed by atoms with Crippen LogP contribution in [-0.2, 0) is 0 Å². The topological polar surface area (TPSA) is 39.2 Å². The summed E-state index contributed by atoms with van der Waals surface area (Å²) < 4.78 is 6.14. The van der Waals surface area contributed by atoms with E-state index in [-0.39, 0.29) is 0 Å². The molecule has 6 rings (SSSR count). The van der Waals surface area contributed by atoms with Crippen molar-refractivity contribution in [2.75, 3.05) is 5.73 Å². The highest BCUT2D eigenvalue weighted by Gasteiger charge is 2.20. The maximum atomic E-state index is 6.68. The molecule has 0 fully saturated rings. The number of benzene rings is 5. The summed E-state index contributed by atoms with van der Waals surface area (Å²) >= 11 is 0. The molecule has 0 aliphatic carbocycles.